The lowest BCUT2D eigenvalue weighted by Crippen LogP contribution is -2.17. The fraction of sp³-hybridized carbons (Fsp3) is 0.125. The minimum Gasteiger partial charge on any atom is -0.489 e. The van der Waals surface area contributed by atoms with Crippen molar-refractivity contribution in [3.05, 3.63) is 95.6 Å². The van der Waals surface area contributed by atoms with Crippen LogP contribution in [0.2, 0.25) is 0 Å². The van der Waals surface area contributed by atoms with Crippen molar-refractivity contribution in [1.29, 1.82) is 0 Å². The van der Waals surface area contributed by atoms with Gasteiger partial charge >= 0.3 is 0 Å². The van der Waals surface area contributed by atoms with Crippen LogP contribution in [0.5, 0.6) is 5.75 Å². The van der Waals surface area contributed by atoms with Crippen molar-refractivity contribution in [3.63, 3.8) is 0 Å². The van der Waals surface area contributed by atoms with Crippen molar-refractivity contribution in [2.24, 2.45) is 5.10 Å². The molecule has 0 heterocycles. The standard InChI is InChI=1S/C24H23N3O3/c1-2-23(28)26-21-13-11-20(12-14-21)24(29)27-25-16-19-9-6-10-22(15-19)30-17-18-7-4-3-5-8-18/h3-16H,2,17H2,1H3,(H,26,28)(H,27,29). The monoisotopic (exact) mass is 401 g/mol. The average Bonchev–Trinajstić information content (AvgIpc) is 2.79. The van der Waals surface area contributed by atoms with Gasteiger partial charge in [-0.05, 0) is 47.5 Å². The van der Waals surface area contributed by atoms with Crippen molar-refractivity contribution >= 4 is 23.7 Å². The molecule has 0 aliphatic heterocycles. The summed E-state index contributed by atoms with van der Waals surface area (Å²) in [5.74, 6) is 0.307. The third kappa shape index (κ3) is 6.31. The van der Waals surface area contributed by atoms with Gasteiger partial charge in [0.2, 0.25) is 5.91 Å². The maximum absolute atomic E-state index is 12.2. The molecule has 0 spiro atoms. The van der Waals surface area contributed by atoms with Gasteiger partial charge in [-0.3, -0.25) is 9.59 Å². The predicted molar refractivity (Wildman–Crippen MR) is 118 cm³/mol. The minimum absolute atomic E-state index is 0.0771. The Kier molecular flexibility index (Phi) is 7.33. The first-order chi connectivity index (χ1) is 14.6. The molecule has 0 radical (unpaired) electrons. The zero-order valence-corrected chi connectivity index (χ0v) is 16.7. The summed E-state index contributed by atoms with van der Waals surface area (Å²) in [7, 11) is 0. The average molecular weight is 401 g/mol. The van der Waals surface area contributed by atoms with Gasteiger partial charge in [-0.15, -0.1) is 0 Å². The predicted octanol–water partition coefficient (Wildman–Crippen LogP) is 4.38. The topological polar surface area (TPSA) is 79.8 Å². The van der Waals surface area contributed by atoms with E-state index in [2.05, 4.69) is 15.8 Å². The van der Waals surface area contributed by atoms with E-state index < -0.39 is 0 Å². The van der Waals surface area contributed by atoms with E-state index in [1.165, 1.54) is 0 Å². The number of carbonyl (C=O) groups is 2. The highest BCUT2D eigenvalue weighted by molar-refractivity contribution is 5.96. The highest BCUT2D eigenvalue weighted by Gasteiger charge is 2.05. The zero-order valence-electron chi connectivity index (χ0n) is 16.7. The van der Waals surface area contributed by atoms with Crippen LogP contribution in [-0.4, -0.2) is 18.0 Å². The number of benzene rings is 3. The number of hydrogen-bond donors (Lipinski definition) is 2. The Bertz CT molecular complexity index is 1020. The van der Waals surface area contributed by atoms with Gasteiger partial charge in [-0.1, -0.05) is 49.4 Å². The summed E-state index contributed by atoms with van der Waals surface area (Å²) >= 11 is 0. The number of hydrogen-bond acceptors (Lipinski definition) is 4. The Hall–Kier alpha value is -3.93. The van der Waals surface area contributed by atoms with Gasteiger partial charge in [-0.25, -0.2) is 5.43 Å². The summed E-state index contributed by atoms with van der Waals surface area (Å²) in [6, 6.07) is 24.0. The number of nitrogens with one attached hydrogen (secondary N) is 2. The number of carbonyl (C=O) groups excluding carboxylic acids is 2. The Balaban J connectivity index is 1.53. The number of amides is 2. The van der Waals surface area contributed by atoms with E-state index in [4.69, 9.17) is 4.74 Å². The van der Waals surface area contributed by atoms with Gasteiger partial charge in [0.15, 0.2) is 0 Å². The van der Waals surface area contributed by atoms with Gasteiger partial charge in [0.1, 0.15) is 12.4 Å². The van der Waals surface area contributed by atoms with Gasteiger partial charge in [0.05, 0.1) is 6.21 Å². The molecule has 3 aromatic rings. The fourth-order valence-electron chi connectivity index (χ4n) is 2.61. The molecule has 3 rings (SSSR count). The lowest BCUT2D eigenvalue weighted by Gasteiger charge is -2.07. The number of ether oxygens (including phenoxy) is 1. The molecule has 3 aromatic carbocycles. The lowest BCUT2D eigenvalue weighted by atomic mass is 10.2. The third-order valence-electron chi connectivity index (χ3n) is 4.24. The number of nitrogens with zero attached hydrogens (tertiary/aromatic N) is 1. The zero-order chi connectivity index (χ0) is 21.2. The lowest BCUT2D eigenvalue weighted by molar-refractivity contribution is -0.115. The summed E-state index contributed by atoms with van der Waals surface area (Å²) in [5.41, 5.74) is 5.48. The van der Waals surface area contributed by atoms with Crippen molar-refractivity contribution in [1.82, 2.24) is 5.43 Å². The first-order valence-corrected chi connectivity index (χ1v) is 9.64. The van der Waals surface area contributed by atoms with Gasteiger partial charge in [0, 0.05) is 17.7 Å². The number of anilines is 1. The first kappa shape index (κ1) is 20.8. The number of hydrazone groups is 1. The van der Waals surface area contributed by atoms with Crippen molar-refractivity contribution < 1.29 is 14.3 Å². The van der Waals surface area contributed by atoms with Crippen molar-refractivity contribution in [3.8, 4) is 5.75 Å². The molecule has 0 aliphatic carbocycles. The Labute approximate surface area is 175 Å². The second-order valence-corrected chi connectivity index (χ2v) is 6.52. The highest BCUT2D eigenvalue weighted by atomic mass is 16.5. The number of rotatable bonds is 8. The summed E-state index contributed by atoms with van der Waals surface area (Å²) in [4.78, 5) is 23.6. The molecule has 152 valence electrons. The van der Waals surface area contributed by atoms with E-state index in [1.807, 2.05) is 54.6 Å². The normalized spacial score (nSPS) is 10.6. The first-order valence-electron chi connectivity index (χ1n) is 9.64. The van der Waals surface area contributed by atoms with Crippen LogP contribution in [0.3, 0.4) is 0 Å². The van der Waals surface area contributed by atoms with Crippen LogP contribution in [0, 0.1) is 0 Å². The van der Waals surface area contributed by atoms with Crippen LogP contribution in [0.4, 0.5) is 5.69 Å². The van der Waals surface area contributed by atoms with E-state index in [-0.39, 0.29) is 11.8 Å². The molecule has 0 aliphatic rings. The summed E-state index contributed by atoms with van der Waals surface area (Å²) < 4.78 is 5.80. The van der Waals surface area contributed by atoms with E-state index >= 15 is 0 Å². The van der Waals surface area contributed by atoms with E-state index in [0.29, 0.717) is 24.3 Å². The van der Waals surface area contributed by atoms with Gasteiger partial charge in [-0.2, -0.15) is 5.10 Å². The molecule has 0 saturated heterocycles. The maximum Gasteiger partial charge on any atom is 0.271 e. The molecule has 0 bridgehead atoms. The SMILES string of the molecule is CCC(=O)Nc1ccc(C(=O)NN=Cc2cccc(OCc3ccccc3)c2)cc1. The molecule has 0 fully saturated rings. The van der Waals surface area contributed by atoms with Crippen LogP contribution in [0.25, 0.3) is 0 Å². The van der Waals surface area contributed by atoms with Crippen molar-refractivity contribution in [2.75, 3.05) is 5.32 Å². The molecular formula is C24H23N3O3. The molecule has 0 unspecified atom stereocenters. The summed E-state index contributed by atoms with van der Waals surface area (Å²) in [6.07, 6.45) is 1.96. The van der Waals surface area contributed by atoms with E-state index in [1.54, 1.807) is 37.4 Å². The van der Waals surface area contributed by atoms with Crippen LogP contribution in [0.15, 0.2) is 84.0 Å². The Morgan fingerprint density at radius 1 is 0.967 bits per heavy atom. The second-order valence-electron chi connectivity index (χ2n) is 6.52. The molecule has 2 N–H and O–H groups in total. The smallest absolute Gasteiger partial charge is 0.271 e. The minimum atomic E-state index is -0.337. The van der Waals surface area contributed by atoms with Crippen molar-refractivity contribution in [2.45, 2.75) is 20.0 Å². The molecule has 0 atom stereocenters. The van der Waals surface area contributed by atoms with Gasteiger partial charge in [0.25, 0.3) is 5.91 Å². The summed E-state index contributed by atoms with van der Waals surface area (Å²) in [6.45, 7) is 2.26. The molecule has 0 aromatic heterocycles. The third-order valence-corrected chi connectivity index (χ3v) is 4.24. The second kappa shape index (κ2) is 10.6. The van der Waals surface area contributed by atoms with E-state index in [9.17, 15) is 9.59 Å². The van der Waals surface area contributed by atoms with Crippen LogP contribution in [0.1, 0.15) is 34.8 Å². The molecule has 2 amide bonds. The molecule has 0 saturated carbocycles. The molecule has 6 nitrogen and oxygen atoms in total. The Morgan fingerprint density at radius 3 is 2.47 bits per heavy atom. The molecular weight excluding hydrogens is 378 g/mol. The maximum atomic E-state index is 12.2. The van der Waals surface area contributed by atoms with Gasteiger partial charge < -0.3 is 10.1 Å². The van der Waals surface area contributed by atoms with Crippen LogP contribution in [-0.2, 0) is 11.4 Å². The van der Waals surface area contributed by atoms with Crippen LogP contribution < -0.4 is 15.5 Å². The fourth-order valence-corrected chi connectivity index (χ4v) is 2.61. The highest BCUT2D eigenvalue weighted by Crippen LogP contribution is 2.14. The summed E-state index contributed by atoms with van der Waals surface area (Å²) in [5, 5.41) is 6.75. The van der Waals surface area contributed by atoms with Crippen LogP contribution >= 0.6 is 0 Å². The largest absolute Gasteiger partial charge is 0.489 e. The van der Waals surface area contributed by atoms with E-state index in [0.717, 1.165) is 16.9 Å². The Morgan fingerprint density at radius 2 is 1.73 bits per heavy atom. The quantitative estimate of drug-likeness (QED) is 0.434. The molecule has 30 heavy (non-hydrogen) atoms. The molecule has 6 heteroatoms.